The third kappa shape index (κ3) is 1.91. The first-order valence-electron chi connectivity index (χ1n) is 5.29. The molecule has 0 fully saturated rings. The Kier molecular flexibility index (Phi) is 3.16. The smallest absolute Gasteiger partial charge is 0.119 e. The summed E-state index contributed by atoms with van der Waals surface area (Å²) in [7, 11) is 0. The average molecular weight is 233 g/mol. The number of aromatic hydroxyl groups is 1. The molecule has 0 saturated heterocycles. The molecule has 0 saturated carbocycles. The summed E-state index contributed by atoms with van der Waals surface area (Å²) >= 11 is 6.20. The van der Waals surface area contributed by atoms with Crippen molar-refractivity contribution in [3.05, 3.63) is 53.1 Å². The Morgan fingerprint density at radius 2 is 1.75 bits per heavy atom. The van der Waals surface area contributed by atoms with Crippen molar-refractivity contribution in [1.82, 2.24) is 0 Å². The molecule has 1 N–H and O–H groups in total. The van der Waals surface area contributed by atoms with Gasteiger partial charge >= 0.3 is 0 Å². The summed E-state index contributed by atoms with van der Waals surface area (Å²) in [5.41, 5.74) is 2.88. The molecule has 0 bridgehead atoms. The van der Waals surface area contributed by atoms with E-state index in [1.165, 1.54) is 0 Å². The second kappa shape index (κ2) is 4.58. The average Bonchev–Trinajstić information content (AvgIpc) is 2.33. The van der Waals surface area contributed by atoms with Crippen LogP contribution >= 0.6 is 11.6 Å². The summed E-state index contributed by atoms with van der Waals surface area (Å²) in [6.07, 6.45) is 0.761. The molecular weight excluding hydrogens is 220 g/mol. The van der Waals surface area contributed by atoms with E-state index in [4.69, 9.17) is 11.6 Å². The monoisotopic (exact) mass is 232 g/mol. The lowest BCUT2D eigenvalue weighted by Gasteiger charge is -2.12. The zero-order valence-corrected chi connectivity index (χ0v) is 9.83. The van der Waals surface area contributed by atoms with E-state index in [2.05, 4.69) is 0 Å². The van der Waals surface area contributed by atoms with Gasteiger partial charge in [0.15, 0.2) is 0 Å². The predicted octanol–water partition coefficient (Wildman–Crippen LogP) is 4.28. The Labute approximate surface area is 100 Å². The van der Waals surface area contributed by atoms with Crippen LogP contribution in [0.1, 0.15) is 12.5 Å². The van der Waals surface area contributed by atoms with Crippen LogP contribution in [0, 0.1) is 0 Å². The SMILES string of the molecule is CCc1c(O)ccc(Cl)c1-c1ccccc1. The van der Waals surface area contributed by atoms with Crippen molar-refractivity contribution in [1.29, 1.82) is 0 Å². The van der Waals surface area contributed by atoms with Crippen LogP contribution in [0.15, 0.2) is 42.5 Å². The van der Waals surface area contributed by atoms with Gasteiger partial charge in [-0.25, -0.2) is 0 Å². The molecule has 2 aromatic rings. The first-order chi connectivity index (χ1) is 7.74. The molecule has 2 rings (SSSR count). The van der Waals surface area contributed by atoms with Crippen LogP contribution in [-0.2, 0) is 6.42 Å². The molecule has 2 heteroatoms. The molecule has 0 heterocycles. The van der Waals surface area contributed by atoms with Crippen LogP contribution < -0.4 is 0 Å². The van der Waals surface area contributed by atoms with Gasteiger partial charge in [-0.1, -0.05) is 48.9 Å². The topological polar surface area (TPSA) is 20.2 Å². The molecule has 1 nitrogen and oxygen atoms in total. The highest BCUT2D eigenvalue weighted by atomic mass is 35.5. The fraction of sp³-hybridized carbons (Fsp3) is 0.143. The van der Waals surface area contributed by atoms with Gasteiger partial charge in [-0.15, -0.1) is 0 Å². The summed E-state index contributed by atoms with van der Waals surface area (Å²) in [4.78, 5) is 0. The predicted molar refractivity (Wildman–Crippen MR) is 67.9 cm³/mol. The molecule has 0 aliphatic rings. The van der Waals surface area contributed by atoms with Gasteiger partial charge in [0.25, 0.3) is 0 Å². The summed E-state index contributed by atoms with van der Waals surface area (Å²) in [5, 5.41) is 10.5. The molecular formula is C14H13ClO. The normalized spacial score (nSPS) is 10.4. The first kappa shape index (κ1) is 11.0. The Bertz CT molecular complexity index is 492. The summed E-state index contributed by atoms with van der Waals surface area (Å²) < 4.78 is 0. The van der Waals surface area contributed by atoms with Crippen molar-refractivity contribution < 1.29 is 5.11 Å². The number of phenols is 1. The van der Waals surface area contributed by atoms with Gasteiger partial charge in [-0.05, 0) is 24.1 Å². The zero-order valence-electron chi connectivity index (χ0n) is 9.07. The van der Waals surface area contributed by atoms with Crippen molar-refractivity contribution in [3.8, 4) is 16.9 Å². The molecule has 0 unspecified atom stereocenters. The molecule has 16 heavy (non-hydrogen) atoms. The van der Waals surface area contributed by atoms with Gasteiger partial charge in [0.05, 0.1) is 0 Å². The fourth-order valence-corrected chi connectivity index (χ4v) is 2.17. The molecule has 82 valence electrons. The molecule has 0 aliphatic carbocycles. The van der Waals surface area contributed by atoms with Crippen molar-refractivity contribution >= 4 is 11.6 Å². The van der Waals surface area contributed by atoms with E-state index in [0.29, 0.717) is 10.8 Å². The summed E-state index contributed by atoms with van der Waals surface area (Å²) in [6.45, 7) is 2.01. The molecule has 0 radical (unpaired) electrons. The second-order valence-electron chi connectivity index (χ2n) is 3.64. The van der Waals surface area contributed by atoms with Crippen molar-refractivity contribution in [2.45, 2.75) is 13.3 Å². The number of phenolic OH excluding ortho intramolecular Hbond substituents is 1. The van der Waals surface area contributed by atoms with Gasteiger partial charge in [-0.2, -0.15) is 0 Å². The third-order valence-electron chi connectivity index (χ3n) is 2.65. The zero-order chi connectivity index (χ0) is 11.5. The summed E-state index contributed by atoms with van der Waals surface area (Å²) in [6, 6.07) is 13.3. The Morgan fingerprint density at radius 3 is 2.38 bits per heavy atom. The maximum Gasteiger partial charge on any atom is 0.119 e. The van der Waals surface area contributed by atoms with E-state index in [9.17, 15) is 5.11 Å². The molecule has 2 aromatic carbocycles. The van der Waals surface area contributed by atoms with Crippen LogP contribution in [0.2, 0.25) is 5.02 Å². The van der Waals surface area contributed by atoms with E-state index in [1.54, 1.807) is 12.1 Å². The fourth-order valence-electron chi connectivity index (χ4n) is 1.88. The maximum absolute atomic E-state index is 9.82. The number of hydrogen-bond donors (Lipinski definition) is 1. The van der Waals surface area contributed by atoms with E-state index >= 15 is 0 Å². The minimum atomic E-state index is 0.311. The number of hydrogen-bond acceptors (Lipinski definition) is 1. The van der Waals surface area contributed by atoms with Crippen LogP contribution in [-0.4, -0.2) is 5.11 Å². The molecule has 0 spiro atoms. The van der Waals surface area contributed by atoms with Crippen LogP contribution in [0.4, 0.5) is 0 Å². The Morgan fingerprint density at radius 1 is 1.06 bits per heavy atom. The van der Waals surface area contributed by atoms with Gasteiger partial charge in [-0.3, -0.25) is 0 Å². The first-order valence-corrected chi connectivity index (χ1v) is 5.67. The quantitative estimate of drug-likeness (QED) is 0.820. The van der Waals surface area contributed by atoms with Crippen molar-refractivity contribution in [3.63, 3.8) is 0 Å². The molecule has 0 aromatic heterocycles. The van der Waals surface area contributed by atoms with E-state index in [-0.39, 0.29) is 0 Å². The lowest BCUT2D eigenvalue weighted by Crippen LogP contribution is -1.89. The van der Waals surface area contributed by atoms with E-state index in [1.807, 2.05) is 37.3 Å². The van der Waals surface area contributed by atoms with Crippen LogP contribution in [0.5, 0.6) is 5.75 Å². The van der Waals surface area contributed by atoms with Crippen LogP contribution in [0.3, 0.4) is 0 Å². The van der Waals surface area contributed by atoms with Crippen LogP contribution in [0.25, 0.3) is 11.1 Å². The highest BCUT2D eigenvalue weighted by Crippen LogP contribution is 2.36. The standard InChI is InChI=1S/C14H13ClO/c1-2-11-13(16)9-8-12(15)14(11)10-6-4-3-5-7-10/h3-9,16H,2H2,1H3. The highest BCUT2D eigenvalue weighted by Gasteiger charge is 2.11. The molecule has 0 amide bonds. The number of rotatable bonds is 2. The molecule has 0 atom stereocenters. The minimum Gasteiger partial charge on any atom is -0.508 e. The van der Waals surface area contributed by atoms with Gasteiger partial charge in [0, 0.05) is 16.1 Å². The van der Waals surface area contributed by atoms with Gasteiger partial charge in [0.2, 0.25) is 0 Å². The van der Waals surface area contributed by atoms with Crippen molar-refractivity contribution in [2.24, 2.45) is 0 Å². The minimum absolute atomic E-state index is 0.311. The van der Waals surface area contributed by atoms with E-state index < -0.39 is 0 Å². The number of halogens is 1. The summed E-state index contributed by atoms with van der Waals surface area (Å²) in [5.74, 6) is 0.311. The van der Waals surface area contributed by atoms with E-state index in [0.717, 1.165) is 23.1 Å². The Hall–Kier alpha value is -1.47. The van der Waals surface area contributed by atoms with Crippen molar-refractivity contribution in [2.75, 3.05) is 0 Å². The third-order valence-corrected chi connectivity index (χ3v) is 2.97. The largest absolute Gasteiger partial charge is 0.508 e. The Balaban J connectivity index is 2.68. The maximum atomic E-state index is 9.82. The molecule has 0 aliphatic heterocycles. The second-order valence-corrected chi connectivity index (χ2v) is 4.05. The number of benzene rings is 2. The van der Waals surface area contributed by atoms with Gasteiger partial charge < -0.3 is 5.11 Å². The highest BCUT2D eigenvalue weighted by molar-refractivity contribution is 6.33. The lowest BCUT2D eigenvalue weighted by atomic mass is 9.97. The van der Waals surface area contributed by atoms with Gasteiger partial charge in [0.1, 0.15) is 5.75 Å². The lowest BCUT2D eigenvalue weighted by molar-refractivity contribution is 0.469.